The van der Waals surface area contributed by atoms with E-state index in [1.807, 2.05) is 0 Å². The lowest BCUT2D eigenvalue weighted by molar-refractivity contribution is -0.142. The van der Waals surface area contributed by atoms with E-state index in [1.165, 1.54) is 6.92 Å². The first-order valence-electron chi connectivity index (χ1n) is 22.4. The lowest BCUT2D eigenvalue weighted by Gasteiger charge is -2.37. The second-order valence-corrected chi connectivity index (χ2v) is 18.6. The summed E-state index contributed by atoms with van der Waals surface area (Å²) in [5.74, 6) is 4.88. The summed E-state index contributed by atoms with van der Waals surface area (Å²) in [6.07, 6.45) is 6.91. The van der Waals surface area contributed by atoms with Crippen LogP contribution in [0.5, 0.6) is 46.0 Å². The second kappa shape index (κ2) is 19.0. The maximum absolute atomic E-state index is 12.6. The average molecular weight is 1060 g/mol. The van der Waals surface area contributed by atoms with E-state index in [-0.39, 0.29) is 57.5 Å². The Morgan fingerprint density at radius 1 is 0.444 bits per heavy atom. The van der Waals surface area contributed by atoms with Crippen LogP contribution < -0.4 is 37.9 Å². The van der Waals surface area contributed by atoms with E-state index in [0.29, 0.717) is 33.1 Å². The van der Waals surface area contributed by atoms with Gasteiger partial charge in [-0.25, -0.2) is 0 Å². The third kappa shape index (κ3) is 7.63. The molecule has 13 heteroatoms. The minimum absolute atomic E-state index is 0.00290. The number of hydrogen-bond acceptors (Lipinski definition) is 10. The van der Waals surface area contributed by atoms with Crippen molar-refractivity contribution in [2.45, 2.75) is 132 Å². The van der Waals surface area contributed by atoms with E-state index in [0.717, 1.165) is 147 Å². The second-order valence-electron chi connectivity index (χ2n) is 16.9. The average Bonchev–Trinajstić information content (AvgIpc) is 3.26. The first kappa shape index (κ1) is 44.4. The Morgan fingerprint density at radius 2 is 0.667 bits per heavy atom. The van der Waals surface area contributed by atoms with Crippen LogP contribution in [0.15, 0.2) is 24.3 Å². The minimum Gasteiger partial charge on any atom is -0.461 e. The van der Waals surface area contributed by atoms with Crippen LogP contribution in [-0.2, 0) is 32.1 Å². The Morgan fingerprint density at radius 3 is 0.857 bits per heavy atom. The number of rotatable bonds is 13. The van der Waals surface area contributed by atoms with Gasteiger partial charge in [0.2, 0.25) is 27.2 Å². The molecule has 0 fully saturated rings. The Labute approximate surface area is 395 Å². The van der Waals surface area contributed by atoms with Crippen LogP contribution >= 0.6 is 47.8 Å². The van der Waals surface area contributed by atoms with Gasteiger partial charge in [-0.1, -0.05) is 101 Å². The molecule has 0 amide bonds. The zero-order valence-corrected chi connectivity index (χ0v) is 41.4. The molecule has 4 heterocycles. The van der Waals surface area contributed by atoms with E-state index in [2.05, 4.69) is 99.8 Å². The number of alkyl halides is 3. The summed E-state index contributed by atoms with van der Waals surface area (Å²) in [6, 6.07) is 9.40. The van der Waals surface area contributed by atoms with Crippen LogP contribution in [0.3, 0.4) is 0 Å². The lowest BCUT2D eigenvalue weighted by Crippen LogP contribution is -2.25. The molecule has 5 aliphatic rings. The van der Waals surface area contributed by atoms with Gasteiger partial charge in [0.25, 0.3) is 0 Å². The molecule has 0 unspecified atom stereocenters. The number of halogens is 3. The molecular formula is C50H55Br3O10. The lowest BCUT2D eigenvalue weighted by atomic mass is 9.74. The molecule has 4 aromatic carbocycles. The van der Waals surface area contributed by atoms with Crippen molar-refractivity contribution in [3.05, 3.63) is 91.0 Å². The van der Waals surface area contributed by atoms with E-state index < -0.39 is 5.97 Å². The molecule has 8 bridgehead atoms. The van der Waals surface area contributed by atoms with Gasteiger partial charge in [-0.05, 0) is 49.9 Å². The van der Waals surface area contributed by atoms with Crippen LogP contribution in [0.25, 0.3) is 0 Å². The maximum atomic E-state index is 12.6. The third-order valence-electron chi connectivity index (χ3n) is 13.3. The normalized spacial score (nSPS) is 19.7. The first-order valence-corrected chi connectivity index (χ1v) is 25.8. The van der Waals surface area contributed by atoms with Gasteiger partial charge in [-0.2, -0.15) is 0 Å². The van der Waals surface area contributed by atoms with Crippen molar-refractivity contribution >= 4 is 53.8 Å². The largest absolute Gasteiger partial charge is 0.461 e. The van der Waals surface area contributed by atoms with Crippen molar-refractivity contribution in [2.75, 3.05) is 27.2 Å². The topological polar surface area (TPSA) is 100 Å². The van der Waals surface area contributed by atoms with E-state index in [1.54, 1.807) is 0 Å². The predicted octanol–water partition coefficient (Wildman–Crippen LogP) is 13.4. The Kier molecular flexibility index (Phi) is 13.4. The molecule has 0 saturated heterocycles. The highest BCUT2D eigenvalue weighted by molar-refractivity contribution is 9.09. The minimum atomic E-state index is -0.394. The van der Waals surface area contributed by atoms with Crippen molar-refractivity contribution in [3.8, 4) is 46.0 Å². The molecule has 0 radical (unpaired) electrons. The highest BCUT2D eigenvalue weighted by Crippen LogP contribution is 2.58. The maximum Gasteiger partial charge on any atom is 0.302 e. The predicted molar refractivity (Wildman–Crippen MR) is 251 cm³/mol. The van der Waals surface area contributed by atoms with E-state index in [9.17, 15) is 4.79 Å². The number of hydrogen-bond donors (Lipinski definition) is 0. The summed E-state index contributed by atoms with van der Waals surface area (Å²) in [5.41, 5.74) is 12.0. The number of benzene rings is 4. The van der Waals surface area contributed by atoms with Crippen molar-refractivity contribution < 1.29 is 47.4 Å². The van der Waals surface area contributed by atoms with Gasteiger partial charge >= 0.3 is 5.97 Å². The van der Waals surface area contributed by atoms with Crippen molar-refractivity contribution in [1.82, 2.24) is 0 Å². The summed E-state index contributed by atoms with van der Waals surface area (Å²) >= 11 is 11.7. The van der Waals surface area contributed by atoms with Gasteiger partial charge in [0.05, 0.1) is 5.56 Å². The van der Waals surface area contributed by atoms with Gasteiger partial charge in [0, 0.05) is 108 Å². The van der Waals surface area contributed by atoms with Gasteiger partial charge in [0.15, 0.2) is 0 Å². The molecule has 63 heavy (non-hydrogen) atoms. The molecule has 336 valence electrons. The molecule has 0 saturated carbocycles. The Hall–Kier alpha value is -3.81. The molecule has 1 aliphatic carbocycles. The van der Waals surface area contributed by atoms with Gasteiger partial charge < -0.3 is 42.6 Å². The molecule has 9 rings (SSSR count). The molecule has 0 aromatic heterocycles. The zero-order valence-electron chi connectivity index (χ0n) is 36.6. The van der Waals surface area contributed by atoms with Crippen molar-refractivity contribution in [2.24, 2.45) is 0 Å². The van der Waals surface area contributed by atoms with Crippen LogP contribution in [0.4, 0.5) is 0 Å². The van der Waals surface area contributed by atoms with Crippen LogP contribution in [-0.4, -0.2) is 33.1 Å². The van der Waals surface area contributed by atoms with E-state index in [4.69, 9.17) is 42.6 Å². The summed E-state index contributed by atoms with van der Waals surface area (Å²) in [7, 11) is 0. The third-order valence-corrected chi connectivity index (χ3v) is 15.0. The molecule has 4 aliphatic heterocycles. The molecule has 0 N–H and O–H groups in total. The molecule has 4 aromatic rings. The van der Waals surface area contributed by atoms with Gasteiger partial charge in [0.1, 0.15) is 52.6 Å². The Balaban J connectivity index is 1.50. The molecule has 4 atom stereocenters. The smallest absolute Gasteiger partial charge is 0.302 e. The summed E-state index contributed by atoms with van der Waals surface area (Å²) in [6.45, 7) is 10.1. The fourth-order valence-corrected chi connectivity index (χ4v) is 12.3. The number of ether oxygens (including phenoxy) is 9. The Bertz CT molecular complexity index is 2270. The molecule has 0 spiro atoms. The SMILES string of the molecule is CCC[C@@H]1c2cc3c4c(CBr)c2OCOc2c1cc1c(c2CBr)OCOc2c(cc5c(c2COC(C)=O)OCOc2c(cc(c(c2CBr)OCO4)[C@H]3CCC)[C@H]5CCC)[C@H]1CCC. The van der Waals surface area contributed by atoms with Crippen molar-refractivity contribution in [3.63, 3.8) is 0 Å². The number of carbonyl (C=O) groups is 1. The molecule has 10 nitrogen and oxygen atoms in total. The van der Waals surface area contributed by atoms with E-state index >= 15 is 0 Å². The highest BCUT2D eigenvalue weighted by atomic mass is 79.9. The number of esters is 1. The first-order chi connectivity index (χ1) is 30.8. The zero-order chi connectivity index (χ0) is 43.9. The summed E-state index contributed by atoms with van der Waals surface area (Å²) in [5, 5.41) is 1.49. The molecular weight excluding hydrogens is 1000 g/mol. The fourth-order valence-electron chi connectivity index (χ4n) is 10.8. The number of carbonyl (C=O) groups excluding carboxylic acids is 1. The van der Waals surface area contributed by atoms with Gasteiger partial charge in [-0.15, -0.1) is 0 Å². The quantitative estimate of drug-likeness (QED) is 0.0950. The van der Waals surface area contributed by atoms with Crippen molar-refractivity contribution in [1.29, 1.82) is 0 Å². The van der Waals surface area contributed by atoms with Crippen LogP contribution in [0.1, 0.15) is 176 Å². The van der Waals surface area contributed by atoms with Crippen LogP contribution in [0, 0.1) is 0 Å². The monoisotopic (exact) mass is 1050 g/mol. The van der Waals surface area contributed by atoms with Gasteiger partial charge in [-0.3, -0.25) is 4.79 Å². The highest BCUT2D eigenvalue weighted by Gasteiger charge is 2.41. The standard InChI is InChI=1S/C50H55Br3O10/c1-6-10-27-31-14-32-28(11-7-2)34-16-36-30(13-9-4)38-17-37-29(12-8-3)35-15-33(27)45-40(19-52)47(35)60-24-62-49(37)42(21-55-26(5)54)50(38)63-25-61-48(36)41(20-53)46(34)59-23-57-44(32)39(18-51)43(31)56-22-58-45/h14-17,27-30H,6-13,18-25H2,1-5H3/t27-,28+,29+,30-. The fraction of sp³-hybridized carbons (Fsp3) is 0.500. The van der Waals surface area contributed by atoms with Crippen LogP contribution in [0.2, 0.25) is 0 Å². The summed E-state index contributed by atoms with van der Waals surface area (Å²) in [4.78, 5) is 12.6. The summed E-state index contributed by atoms with van der Waals surface area (Å²) < 4.78 is 59.9.